The third-order valence-corrected chi connectivity index (χ3v) is 6.29. The van der Waals surface area contributed by atoms with Crippen LogP contribution in [-0.2, 0) is 11.8 Å². The van der Waals surface area contributed by atoms with Gasteiger partial charge in [-0.25, -0.2) is 0 Å². The Morgan fingerprint density at radius 2 is 1.89 bits per heavy atom. The molecule has 6 nitrogen and oxygen atoms in total. The number of hydrogen-bond acceptors (Lipinski definition) is 6. The fourth-order valence-corrected chi connectivity index (χ4v) is 4.55. The minimum absolute atomic E-state index is 0.103. The van der Waals surface area contributed by atoms with Gasteiger partial charge in [-0.3, -0.25) is 19.1 Å². The van der Waals surface area contributed by atoms with Crippen molar-refractivity contribution in [1.29, 1.82) is 5.26 Å². The Balaban J connectivity index is 2.68. The summed E-state index contributed by atoms with van der Waals surface area (Å²) in [6, 6.07) is 2.02. The van der Waals surface area contributed by atoms with Crippen LogP contribution in [0.15, 0.2) is 9.70 Å². The van der Waals surface area contributed by atoms with Gasteiger partial charge in [-0.15, -0.1) is 0 Å². The molecule has 1 aliphatic rings. The number of thioether (sulfide) groups is 1. The van der Waals surface area contributed by atoms with Gasteiger partial charge >= 0.3 is 0 Å². The maximum absolute atomic E-state index is 12.9. The minimum atomic E-state index is -0.324. The summed E-state index contributed by atoms with van der Waals surface area (Å²) in [7, 11) is 1.67. The molecule has 0 N–H and O–H groups in total. The molecule has 2 rings (SSSR count). The lowest BCUT2D eigenvalue weighted by atomic mass is 10.0. The van der Waals surface area contributed by atoms with E-state index < -0.39 is 0 Å². The number of hydrogen-bond donors (Lipinski definition) is 0. The molecule has 1 fully saturated rings. The highest BCUT2D eigenvalue weighted by Gasteiger charge is 2.32. The first-order valence-electron chi connectivity index (χ1n) is 9.46. The average molecular weight is 419 g/mol. The van der Waals surface area contributed by atoms with E-state index in [1.807, 2.05) is 19.9 Å². The van der Waals surface area contributed by atoms with Crippen LogP contribution in [0.4, 0.5) is 5.82 Å². The number of carbonyl (C=O) groups excluding carboxylic acids is 1. The summed E-state index contributed by atoms with van der Waals surface area (Å²) < 4.78 is 2.06. The first-order valence-corrected chi connectivity index (χ1v) is 10.7. The molecule has 8 heteroatoms. The molecule has 1 aromatic heterocycles. The van der Waals surface area contributed by atoms with Gasteiger partial charge in [0.25, 0.3) is 11.5 Å². The lowest BCUT2D eigenvalue weighted by Gasteiger charge is -2.27. The van der Waals surface area contributed by atoms with E-state index in [-0.39, 0.29) is 17.0 Å². The van der Waals surface area contributed by atoms with Crippen molar-refractivity contribution in [3.05, 3.63) is 31.9 Å². The van der Waals surface area contributed by atoms with Crippen molar-refractivity contribution in [3.8, 4) is 6.07 Å². The second-order valence-electron chi connectivity index (χ2n) is 6.57. The zero-order valence-corrected chi connectivity index (χ0v) is 18.7. The van der Waals surface area contributed by atoms with Gasteiger partial charge < -0.3 is 4.90 Å². The van der Waals surface area contributed by atoms with Crippen LogP contribution in [0.5, 0.6) is 0 Å². The smallest absolute Gasteiger partial charge is 0.270 e. The summed E-state index contributed by atoms with van der Waals surface area (Å²) in [5, 5.41) is 9.49. The Labute approximate surface area is 175 Å². The molecule has 0 aliphatic carbocycles. The van der Waals surface area contributed by atoms with E-state index >= 15 is 0 Å². The van der Waals surface area contributed by atoms with E-state index in [2.05, 4.69) is 11.8 Å². The molecule has 1 aromatic rings. The zero-order valence-electron chi connectivity index (χ0n) is 17.0. The number of unbranched alkanes of at least 4 members (excludes halogenated alkanes) is 1. The Kier molecular flexibility index (Phi) is 7.44. The van der Waals surface area contributed by atoms with Crippen LogP contribution in [0.3, 0.4) is 0 Å². The van der Waals surface area contributed by atoms with Gasteiger partial charge in [-0.1, -0.05) is 37.3 Å². The van der Waals surface area contributed by atoms with Crippen molar-refractivity contribution < 1.29 is 4.79 Å². The molecule has 28 heavy (non-hydrogen) atoms. The summed E-state index contributed by atoms with van der Waals surface area (Å²) in [4.78, 5) is 29.7. The highest BCUT2D eigenvalue weighted by atomic mass is 32.2. The van der Waals surface area contributed by atoms with Gasteiger partial charge in [0, 0.05) is 32.2 Å². The summed E-state index contributed by atoms with van der Waals surface area (Å²) in [6.45, 7) is 9.86. The van der Waals surface area contributed by atoms with Crippen molar-refractivity contribution in [1.82, 2.24) is 9.47 Å². The lowest BCUT2D eigenvalue weighted by molar-refractivity contribution is -0.122. The molecule has 150 valence electrons. The average Bonchev–Trinajstić information content (AvgIpc) is 2.94. The van der Waals surface area contributed by atoms with Gasteiger partial charge in [0.15, 0.2) is 0 Å². The van der Waals surface area contributed by atoms with Crippen LogP contribution in [-0.4, -0.2) is 39.3 Å². The second-order valence-corrected chi connectivity index (χ2v) is 8.25. The quantitative estimate of drug-likeness (QED) is 0.499. The fourth-order valence-electron chi connectivity index (χ4n) is 3.26. The Morgan fingerprint density at radius 3 is 2.43 bits per heavy atom. The van der Waals surface area contributed by atoms with E-state index in [4.69, 9.17) is 12.2 Å². The number of anilines is 1. The number of pyridine rings is 1. The summed E-state index contributed by atoms with van der Waals surface area (Å²) in [5.74, 6) is 0.603. The number of carbonyl (C=O) groups is 1. The second kappa shape index (κ2) is 9.39. The lowest BCUT2D eigenvalue weighted by Crippen LogP contribution is -2.33. The molecule has 0 bridgehead atoms. The molecule has 0 unspecified atom stereocenters. The van der Waals surface area contributed by atoms with Crippen LogP contribution in [0.2, 0.25) is 0 Å². The number of aromatic nitrogens is 1. The van der Waals surface area contributed by atoms with Crippen molar-refractivity contribution in [2.75, 3.05) is 24.5 Å². The predicted molar refractivity (Wildman–Crippen MR) is 119 cm³/mol. The first kappa shape index (κ1) is 22.2. The molecule has 0 aromatic carbocycles. The Morgan fingerprint density at radius 1 is 1.25 bits per heavy atom. The number of nitriles is 1. The number of rotatable bonds is 7. The van der Waals surface area contributed by atoms with E-state index in [1.54, 1.807) is 24.9 Å². The van der Waals surface area contributed by atoms with Crippen molar-refractivity contribution in [2.24, 2.45) is 7.05 Å². The van der Waals surface area contributed by atoms with Gasteiger partial charge in [0.1, 0.15) is 21.8 Å². The van der Waals surface area contributed by atoms with Crippen LogP contribution in [0.1, 0.15) is 50.3 Å². The molecule has 2 heterocycles. The number of nitrogens with zero attached hydrogens (tertiary/aromatic N) is 4. The largest absolute Gasteiger partial charge is 0.358 e. The molecular weight excluding hydrogens is 392 g/mol. The van der Waals surface area contributed by atoms with Crippen LogP contribution in [0, 0.1) is 18.3 Å². The molecule has 0 atom stereocenters. The highest BCUT2D eigenvalue weighted by molar-refractivity contribution is 8.26. The van der Waals surface area contributed by atoms with Gasteiger partial charge in [-0.2, -0.15) is 5.26 Å². The van der Waals surface area contributed by atoms with Crippen LogP contribution in [0.25, 0.3) is 6.08 Å². The normalized spacial score (nSPS) is 15.4. The third kappa shape index (κ3) is 4.01. The minimum Gasteiger partial charge on any atom is -0.358 e. The predicted octanol–water partition coefficient (Wildman–Crippen LogP) is 3.41. The number of amides is 1. The summed E-state index contributed by atoms with van der Waals surface area (Å²) in [5.41, 5.74) is 1.09. The van der Waals surface area contributed by atoms with E-state index in [1.165, 1.54) is 16.3 Å². The van der Waals surface area contributed by atoms with Gasteiger partial charge in [0.05, 0.1) is 4.91 Å². The molecule has 0 spiro atoms. The summed E-state index contributed by atoms with van der Waals surface area (Å²) in [6.07, 6.45) is 3.66. The van der Waals surface area contributed by atoms with Crippen LogP contribution < -0.4 is 10.5 Å². The van der Waals surface area contributed by atoms with E-state index in [0.717, 1.165) is 18.4 Å². The van der Waals surface area contributed by atoms with Gasteiger partial charge in [0.2, 0.25) is 0 Å². The topological polar surface area (TPSA) is 69.3 Å². The first-order chi connectivity index (χ1) is 13.3. The molecule has 1 aliphatic heterocycles. The Bertz CT molecular complexity index is 924. The number of thiocarbonyl (C=S) groups is 1. The maximum atomic E-state index is 12.9. The SMILES string of the molecule is CCCCN1C(=O)C(=Cc2c(C)c(C#N)c(=O)n(C)c2N(CC)CC)SC1=S. The van der Waals surface area contributed by atoms with Crippen LogP contribution >= 0.6 is 24.0 Å². The standard InChI is InChI=1S/C20H26N4O2S2/c1-6-9-10-24-19(26)16(28-20(24)27)11-14-13(4)15(12-21)18(25)22(5)17(14)23(7-2)8-3/h11H,6-10H2,1-5H3. The van der Waals surface area contributed by atoms with Crippen molar-refractivity contribution >= 4 is 46.1 Å². The zero-order chi connectivity index (χ0) is 21.0. The van der Waals surface area contributed by atoms with Crippen molar-refractivity contribution in [2.45, 2.75) is 40.5 Å². The van der Waals surface area contributed by atoms with E-state index in [0.29, 0.717) is 40.2 Å². The van der Waals surface area contributed by atoms with E-state index in [9.17, 15) is 14.9 Å². The van der Waals surface area contributed by atoms with Gasteiger partial charge in [-0.05, 0) is 38.8 Å². The fraction of sp³-hybridized carbons (Fsp3) is 0.500. The monoisotopic (exact) mass is 418 g/mol. The Hall–Kier alpha value is -2.11. The molecule has 1 saturated heterocycles. The van der Waals surface area contributed by atoms with Crippen molar-refractivity contribution in [3.63, 3.8) is 0 Å². The molecule has 0 radical (unpaired) electrons. The molecular formula is C20H26N4O2S2. The summed E-state index contributed by atoms with van der Waals surface area (Å²) >= 11 is 6.67. The maximum Gasteiger partial charge on any atom is 0.270 e. The third-order valence-electron chi connectivity index (χ3n) is 4.92. The molecule has 0 saturated carbocycles. The molecule has 1 amide bonds. The highest BCUT2D eigenvalue weighted by Crippen LogP contribution is 2.35.